The molecule has 0 bridgehead atoms. The van der Waals surface area contributed by atoms with Crippen LogP contribution in [0.5, 0.6) is 0 Å². The number of benzene rings is 1. The zero-order valence-corrected chi connectivity index (χ0v) is 11.6. The lowest BCUT2D eigenvalue weighted by Crippen LogP contribution is -2.40. The molecule has 1 saturated heterocycles. The summed E-state index contributed by atoms with van der Waals surface area (Å²) in [6.45, 7) is 2.46. The molecule has 1 aromatic rings. The van der Waals surface area contributed by atoms with Crippen LogP contribution in [0.1, 0.15) is 18.4 Å². The maximum absolute atomic E-state index is 13.2. The molecule has 2 rings (SSSR count). The van der Waals surface area contributed by atoms with Crippen molar-refractivity contribution >= 4 is 28.8 Å². The second-order valence-corrected chi connectivity index (χ2v) is 5.59. The summed E-state index contributed by atoms with van der Waals surface area (Å²) in [6.07, 6.45) is 2.11. The summed E-state index contributed by atoms with van der Waals surface area (Å²) in [7, 11) is 0. The van der Waals surface area contributed by atoms with Crippen LogP contribution in [0, 0.1) is 11.7 Å². The smallest absolute Gasteiger partial charge is 0.123 e. The van der Waals surface area contributed by atoms with E-state index in [-0.39, 0.29) is 11.7 Å². The van der Waals surface area contributed by atoms with Gasteiger partial charge in [-0.2, -0.15) is 0 Å². The molecule has 1 atom stereocenters. The minimum atomic E-state index is -0.252. The van der Waals surface area contributed by atoms with Crippen molar-refractivity contribution in [1.82, 2.24) is 4.90 Å². The van der Waals surface area contributed by atoms with Crippen LogP contribution in [0.15, 0.2) is 18.2 Å². The molecule has 1 unspecified atom stereocenters. The van der Waals surface area contributed by atoms with Crippen molar-refractivity contribution in [3.05, 3.63) is 34.6 Å². The molecular weight excluding hydrogens is 271 g/mol. The summed E-state index contributed by atoms with van der Waals surface area (Å²) in [5.74, 6) is 0.0124. The molecule has 1 aromatic carbocycles. The Morgan fingerprint density at radius 1 is 1.56 bits per heavy atom. The summed E-state index contributed by atoms with van der Waals surface area (Å²) in [5.41, 5.74) is 6.52. The monoisotopic (exact) mass is 286 g/mol. The number of halogens is 2. The average Bonchev–Trinajstić information content (AvgIpc) is 2.34. The first kappa shape index (κ1) is 13.7. The fourth-order valence-electron chi connectivity index (χ4n) is 2.34. The Hall–Kier alpha value is -0.710. The van der Waals surface area contributed by atoms with E-state index in [1.54, 1.807) is 6.07 Å². The van der Waals surface area contributed by atoms with Gasteiger partial charge >= 0.3 is 0 Å². The number of piperidine rings is 1. The molecule has 0 spiro atoms. The first-order chi connectivity index (χ1) is 8.56. The number of nitrogens with two attached hydrogens (primary N) is 1. The maximum atomic E-state index is 13.2. The summed E-state index contributed by atoms with van der Waals surface area (Å²) in [4.78, 5) is 2.80. The first-order valence-corrected chi connectivity index (χ1v) is 6.80. The molecular formula is C13H16ClFN2S. The molecule has 1 heterocycles. The standard InChI is InChI=1S/C13H16ClFN2S/c14-12-4-3-11(15)6-10(12)8-17-5-1-2-9(7-17)13(16)18/h3-4,6,9H,1-2,5,7-8H2,(H2,16,18). The van der Waals surface area contributed by atoms with E-state index in [4.69, 9.17) is 29.6 Å². The quantitative estimate of drug-likeness (QED) is 0.866. The molecule has 0 radical (unpaired) electrons. The fraction of sp³-hybridized carbons (Fsp3) is 0.462. The molecule has 0 amide bonds. The summed E-state index contributed by atoms with van der Waals surface area (Å²) in [6, 6.07) is 4.47. The molecule has 1 aliphatic rings. The Kier molecular flexibility index (Phi) is 4.54. The molecule has 0 aliphatic carbocycles. The minimum Gasteiger partial charge on any atom is -0.393 e. The Labute approximate surface area is 117 Å². The van der Waals surface area contributed by atoms with Crippen molar-refractivity contribution in [2.75, 3.05) is 13.1 Å². The van der Waals surface area contributed by atoms with Gasteiger partial charge in [-0.05, 0) is 43.1 Å². The van der Waals surface area contributed by atoms with Crippen LogP contribution in [0.2, 0.25) is 5.02 Å². The molecule has 98 valence electrons. The third-order valence-corrected chi connectivity index (χ3v) is 4.01. The molecule has 1 fully saturated rings. The number of nitrogens with zero attached hydrogens (tertiary/aromatic N) is 1. The van der Waals surface area contributed by atoms with Crippen LogP contribution in [0.3, 0.4) is 0 Å². The van der Waals surface area contributed by atoms with Gasteiger partial charge in [0, 0.05) is 24.0 Å². The Bertz CT molecular complexity index is 453. The van der Waals surface area contributed by atoms with Gasteiger partial charge in [0.15, 0.2) is 0 Å². The highest BCUT2D eigenvalue weighted by atomic mass is 35.5. The predicted molar refractivity (Wildman–Crippen MR) is 76.2 cm³/mol. The van der Waals surface area contributed by atoms with E-state index in [0.717, 1.165) is 31.5 Å². The van der Waals surface area contributed by atoms with E-state index in [2.05, 4.69) is 4.90 Å². The van der Waals surface area contributed by atoms with Gasteiger partial charge in [0.05, 0.1) is 4.99 Å². The van der Waals surface area contributed by atoms with Crippen LogP contribution >= 0.6 is 23.8 Å². The molecule has 2 N–H and O–H groups in total. The van der Waals surface area contributed by atoms with Crippen molar-refractivity contribution in [2.45, 2.75) is 19.4 Å². The highest BCUT2D eigenvalue weighted by Crippen LogP contribution is 2.23. The van der Waals surface area contributed by atoms with E-state index in [9.17, 15) is 4.39 Å². The zero-order chi connectivity index (χ0) is 13.1. The van der Waals surface area contributed by atoms with Gasteiger partial charge in [0.1, 0.15) is 5.82 Å². The lowest BCUT2D eigenvalue weighted by atomic mass is 9.97. The van der Waals surface area contributed by atoms with E-state index >= 15 is 0 Å². The van der Waals surface area contributed by atoms with Gasteiger partial charge in [-0.3, -0.25) is 4.90 Å². The lowest BCUT2D eigenvalue weighted by Gasteiger charge is -2.32. The average molecular weight is 287 g/mol. The number of hydrogen-bond donors (Lipinski definition) is 1. The maximum Gasteiger partial charge on any atom is 0.123 e. The Morgan fingerprint density at radius 3 is 3.06 bits per heavy atom. The van der Waals surface area contributed by atoms with Crippen LogP contribution in [-0.2, 0) is 6.54 Å². The van der Waals surface area contributed by atoms with Crippen LogP contribution < -0.4 is 5.73 Å². The lowest BCUT2D eigenvalue weighted by molar-refractivity contribution is 0.197. The fourth-order valence-corrected chi connectivity index (χ4v) is 2.71. The highest BCUT2D eigenvalue weighted by molar-refractivity contribution is 7.80. The van der Waals surface area contributed by atoms with Gasteiger partial charge in [0.2, 0.25) is 0 Å². The normalized spacial score (nSPS) is 20.9. The van der Waals surface area contributed by atoms with Gasteiger partial charge in [-0.1, -0.05) is 23.8 Å². The van der Waals surface area contributed by atoms with Crippen molar-refractivity contribution in [1.29, 1.82) is 0 Å². The number of thiocarbonyl (C=S) groups is 1. The molecule has 18 heavy (non-hydrogen) atoms. The first-order valence-electron chi connectivity index (χ1n) is 6.02. The minimum absolute atomic E-state index is 0.252. The van der Waals surface area contributed by atoms with Crippen molar-refractivity contribution in [3.8, 4) is 0 Å². The van der Waals surface area contributed by atoms with E-state index < -0.39 is 0 Å². The van der Waals surface area contributed by atoms with Gasteiger partial charge in [0.25, 0.3) is 0 Å². The summed E-state index contributed by atoms with van der Waals surface area (Å²) in [5, 5.41) is 0.605. The van der Waals surface area contributed by atoms with E-state index in [0.29, 0.717) is 16.6 Å². The van der Waals surface area contributed by atoms with Gasteiger partial charge < -0.3 is 5.73 Å². The highest BCUT2D eigenvalue weighted by Gasteiger charge is 2.22. The number of hydrogen-bond acceptors (Lipinski definition) is 2. The Morgan fingerprint density at radius 2 is 2.33 bits per heavy atom. The topological polar surface area (TPSA) is 29.3 Å². The van der Waals surface area contributed by atoms with Crippen LogP contribution in [0.25, 0.3) is 0 Å². The Balaban J connectivity index is 2.04. The SMILES string of the molecule is NC(=S)C1CCCN(Cc2cc(F)ccc2Cl)C1. The van der Waals surface area contributed by atoms with Gasteiger partial charge in [-0.15, -0.1) is 0 Å². The van der Waals surface area contributed by atoms with Crippen LogP contribution in [-0.4, -0.2) is 23.0 Å². The number of likely N-dealkylation sites (tertiary alicyclic amines) is 1. The molecule has 1 aliphatic heterocycles. The van der Waals surface area contributed by atoms with Crippen molar-refractivity contribution < 1.29 is 4.39 Å². The largest absolute Gasteiger partial charge is 0.393 e. The van der Waals surface area contributed by atoms with Crippen molar-refractivity contribution in [3.63, 3.8) is 0 Å². The van der Waals surface area contributed by atoms with Crippen molar-refractivity contribution in [2.24, 2.45) is 11.7 Å². The van der Waals surface area contributed by atoms with Gasteiger partial charge in [-0.25, -0.2) is 4.39 Å². The predicted octanol–water partition coefficient (Wildman–Crippen LogP) is 2.98. The third-order valence-electron chi connectivity index (χ3n) is 3.31. The molecule has 5 heteroatoms. The summed E-state index contributed by atoms with van der Waals surface area (Å²) < 4.78 is 13.2. The zero-order valence-electron chi connectivity index (χ0n) is 10.0. The third kappa shape index (κ3) is 3.40. The summed E-state index contributed by atoms with van der Waals surface area (Å²) >= 11 is 11.1. The molecule has 0 aromatic heterocycles. The van der Waals surface area contributed by atoms with Crippen LogP contribution in [0.4, 0.5) is 4.39 Å². The van der Waals surface area contributed by atoms with E-state index in [1.807, 2.05) is 0 Å². The molecule has 2 nitrogen and oxygen atoms in total. The molecule has 0 saturated carbocycles. The second-order valence-electron chi connectivity index (χ2n) is 4.71. The number of rotatable bonds is 3. The van der Waals surface area contributed by atoms with E-state index in [1.165, 1.54) is 12.1 Å². The second kappa shape index (κ2) is 5.95.